The molecule has 1 aliphatic carbocycles. The van der Waals surface area contributed by atoms with Crippen LogP contribution in [0.3, 0.4) is 0 Å². The average molecular weight is 404 g/mol. The van der Waals surface area contributed by atoms with E-state index in [1.165, 1.54) is 31.4 Å². The third-order valence-corrected chi connectivity index (χ3v) is 5.51. The maximum Gasteiger partial charge on any atom is 0.268 e. The molecular formula is C20H24N2O5S. The minimum absolute atomic E-state index is 0. The van der Waals surface area contributed by atoms with Crippen molar-refractivity contribution in [2.75, 3.05) is 7.11 Å². The van der Waals surface area contributed by atoms with Crippen LogP contribution in [0.15, 0.2) is 47.4 Å². The van der Waals surface area contributed by atoms with Gasteiger partial charge in [0.2, 0.25) is 0 Å². The molecule has 0 bridgehead atoms. The van der Waals surface area contributed by atoms with Gasteiger partial charge in [-0.15, -0.1) is 0 Å². The van der Waals surface area contributed by atoms with Gasteiger partial charge in [0.05, 0.1) is 17.6 Å². The summed E-state index contributed by atoms with van der Waals surface area (Å²) < 4.78 is 32.1. The molecule has 0 unspecified atom stereocenters. The van der Waals surface area contributed by atoms with Crippen LogP contribution in [0, 0.1) is 6.92 Å². The molecule has 0 atom stereocenters. The van der Waals surface area contributed by atoms with E-state index in [0.29, 0.717) is 5.56 Å². The molecule has 28 heavy (non-hydrogen) atoms. The van der Waals surface area contributed by atoms with E-state index in [2.05, 4.69) is 5.32 Å². The summed E-state index contributed by atoms with van der Waals surface area (Å²) in [7, 11) is -2.68. The van der Waals surface area contributed by atoms with Crippen LogP contribution in [0.1, 0.15) is 46.5 Å². The smallest absolute Gasteiger partial charge is 0.268 e. The quantitative estimate of drug-likeness (QED) is 0.771. The Morgan fingerprint density at radius 2 is 1.68 bits per heavy atom. The van der Waals surface area contributed by atoms with Crippen molar-refractivity contribution >= 4 is 21.8 Å². The molecule has 2 aromatic rings. The van der Waals surface area contributed by atoms with Gasteiger partial charge in [-0.1, -0.05) is 19.1 Å². The molecule has 1 saturated carbocycles. The van der Waals surface area contributed by atoms with Crippen molar-refractivity contribution in [2.24, 2.45) is 0 Å². The average Bonchev–Trinajstić information content (AvgIpc) is 3.45. The number of amides is 2. The molecule has 1 fully saturated rings. The van der Waals surface area contributed by atoms with Crippen LogP contribution >= 0.6 is 0 Å². The van der Waals surface area contributed by atoms with Crippen LogP contribution in [0.2, 0.25) is 0 Å². The maximum atomic E-state index is 12.5. The number of hydrogen-bond acceptors (Lipinski definition) is 5. The van der Waals surface area contributed by atoms with Crippen LogP contribution in [0.25, 0.3) is 0 Å². The minimum atomic E-state index is -4.09. The molecule has 1 aliphatic rings. The number of carbonyl (C=O) groups excluding carboxylic acids is 2. The number of hydrogen-bond donors (Lipinski definition) is 2. The molecule has 7 nitrogen and oxygen atoms in total. The molecule has 0 radical (unpaired) electrons. The first-order valence-electron chi connectivity index (χ1n) is 8.43. The fraction of sp³-hybridized carbons (Fsp3) is 0.300. The molecule has 150 valence electrons. The summed E-state index contributed by atoms with van der Waals surface area (Å²) in [4.78, 5) is 24.3. The van der Waals surface area contributed by atoms with Gasteiger partial charge in [0.15, 0.2) is 0 Å². The van der Waals surface area contributed by atoms with Crippen LogP contribution in [0.4, 0.5) is 0 Å². The Hall–Kier alpha value is -2.87. The van der Waals surface area contributed by atoms with E-state index in [9.17, 15) is 18.0 Å². The highest BCUT2D eigenvalue weighted by atomic mass is 32.2. The van der Waals surface area contributed by atoms with Gasteiger partial charge in [0.1, 0.15) is 5.75 Å². The molecule has 3 rings (SSSR count). The van der Waals surface area contributed by atoms with Crippen molar-refractivity contribution in [1.82, 2.24) is 10.0 Å². The SMILES string of the molecule is C.COc1ccc(C)cc1C(=O)NS(=O)(=O)c1ccc(C(=O)NC2CC2)cc1. The number of nitrogens with one attached hydrogen (secondary N) is 2. The zero-order valence-corrected chi connectivity index (χ0v) is 15.8. The highest BCUT2D eigenvalue weighted by Gasteiger charge is 2.25. The molecule has 0 saturated heterocycles. The van der Waals surface area contributed by atoms with Crippen molar-refractivity contribution in [1.29, 1.82) is 0 Å². The van der Waals surface area contributed by atoms with Crippen molar-refractivity contribution in [3.8, 4) is 5.75 Å². The third-order valence-electron chi connectivity index (χ3n) is 4.17. The highest BCUT2D eigenvalue weighted by Crippen LogP contribution is 2.21. The molecule has 0 spiro atoms. The van der Waals surface area contributed by atoms with Gasteiger partial charge in [-0.2, -0.15) is 0 Å². The fourth-order valence-electron chi connectivity index (χ4n) is 2.52. The molecule has 0 heterocycles. The summed E-state index contributed by atoms with van der Waals surface area (Å²) in [5, 5.41) is 2.83. The van der Waals surface area contributed by atoms with Crippen LogP contribution in [-0.2, 0) is 10.0 Å². The second-order valence-electron chi connectivity index (χ2n) is 6.41. The van der Waals surface area contributed by atoms with Crippen molar-refractivity contribution in [2.45, 2.75) is 38.1 Å². The lowest BCUT2D eigenvalue weighted by Gasteiger charge is -2.11. The largest absolute Gasteiger partial charge is 0.496 e. The second-order valence-corrected chi connectivity index (χ2v) is 8.09. The number of rotatable bonds is 6. The molecule has 0 aliphatic heterocycles. The zero-order valence-electron chi connectivity index (χ0n) is 15.0. The third kappa shape index (κ3) is 4.89. The summed E-state index contributed by atoms with van der Waals surface area (Å²) in [6.07, 6.45) is 1.93. The Morgan fingerprint density at radius 3 is 2.25 bits per heavy atom. The first-order chi connectivity index (χ1) is 12.8. The summed E-state index contributed by atoms with van der Waals surface area (Å²) in [5.41, 5.74) is 1.29. The predicted octanol–water partition coefficient (Wildman–Crippen LogP) is 2.65. The lowest BCUT2D eigenvalue weighted by atomic mass is 10.1. The van der Waals surface area contributed by atoms with E-state index in [4.69, 9.17) is 4.74 Å². The van der Waals surface area contributed by atoms with E-state index < -0.39 is 15.9 Å². The number of ether oxygens (including phenoxy) is 1. The standard InChI is InChI=1S/C19H20N2O5S.CH4/c1-12-3-10-17(26-2)16(11-12)19(23)21-27(24,25)15-8-4-13(5-9-15)18(22)20-14-6-7-14;/h3-5,8-11,14H,6-7H2,1-2H3,(H,20,22)(H,21,23);1H4. The Kier molecular flexibility index (Phi) is 6.45. The normalized spacial score (nSPS) is 13.2. The van der Waals surface area contributed by atoms with Crippen LogP contribution < -0.4 is 14.8 Å². The van der Waals surface area contributed by atoms with E-state index in [-0.39, 0.29) is 35.6 Å². The van der Waals surface area contributed by atoms with E-state index in [1.54, 1.807) is 25.1 Å². The molecule has 8 heteroatoms. The lowest BCUT2D eigenvalue weighted by Crippen LogP contribution is -2.31. The summed E-state index contributed by atoms with van der Waals surface area (Å²) in [6.45, 7) is 1.79. The maximum absolute atomic E-state index is 12.5. The number of carbonyl (C=O) groups is 2. The monoisotopic (exact) mass is 404 g/mol. The number of benzene rings is 2. The van der Waals surface area contributed by atoms with E-state index in [1.807, 2.05) is 4.72 Å². The molecule has 2 N–H and O–H groups in total. The van der Waals surface area contributed by atoms with Gasteiger partial charge in [0.25, 0.3) is 21.8 Å². The van der Waals surface area contributed by atoms with Gasteiger partial charge >= 0.3 is 0 Å². The summed E-state index contributed by atoms with van der Waals surface area (Å²) in [5.74, 6) is -0.749. The van der Waals surface area contributed by atoms with E-state index >= 15 is 0 Å². The van der Waals surface area contributed by atoms with Gasteiger partial charge in [0, 0.05) is 11.6 Å². The lowest BCUT2D eigenvalue weighted by molar-refractivity contribution is 0.0948. The molecule has 2 amide bonds. The Morgan fingerprint density at radius 1 is 1.04 bits per heavy atom. The molecule has 2 aromatic carbocycles. The number of methoxy groups -OCH3 is 1. The van der Waals surface area contributed by atoms with Crippen LogP contribution in [-0.4, -0.2) is 33.4 Å². The summed E-state index contributed by atoms with van der Waals surface area (Å²) in [6, 6.07) is 10.6. The summed E-state index contributed by atoms with van der Waals surface area (Å²) >= 11 is 0. The van der Waals surface area contributed by atoms with Crippen molar-refractivity contribution in [3.63, 3.8) is 0 Å². The van der Waals surface area contributed by atoms with Crippen LogP contribution in [0.5, 0.6) is 5.75 Å². The Labute approximate surface area is 165 Å². The first-order valence-corrected chi connectivity index (χ1v) is 9.91. The number of aryl methyl sites for hydroxylation is 1. The minimum Gasteiger partial charge on any atom is -0.496 e. The van der Waals surface area contributed by atoms with E-state index in [0.717, 1.165) is 18.4 Å². The molecule has 0 aromatic heterocycles. The fourth-order valence-corrected chi connectivity index (χ4v) is 3.48. The van der Waals surface area contributed by atoms with Crippen molar-refractivity contribution in [3.05, 3.63) is 59.2 Å². The zero-order chi connectivity index (χ0) is 19.6. The predicted molar refractivity (Wildman–Crippen MR) is 106 cm³/mol. The first kappa shape index (κ1) is 21.4. The topological polar surface area (TPSA) is 102 Å². The Bertz CT molecular complexity index is 980. The van der Waals surface area contributed by atoms with Crippen molar-refractivity contribution < 1.29 is 22.7 Å². The van der Waals surface area contributed by atoms with Gasteiger partial charge in [-0.3, -0.25) is 9.59 Å². The second kappa shape index (κ2) is 8.43. The van der Waals surface area contributed by atoms with Gasteiger partial charge in [-0.25, -0.2) is 13.1 Å². The highest BCUT2D eigenvalue weighted by molar-refractivity contribution is 7.90. The van der Waals surface area contributed by atoms with Gasteiger partial charge < -0.3 is 10.1 Å². The van der Waals surface area contributed by atoms with Gasteiger partial charge in [-0.05, 0) is 56.2 Å². The molecular weight excluding hydrogens is 380 g/mol. The number of sulfonamides is 1. The Balaban J connectivity index is 0.00000280.